The lowest BCUT2D eigenvalue weighted by Gasteiger charge is -2.31. The van der Waals surface area contributed by atoms with Gasteiger partial charge in [0, 0.05) is 13.1 Å². The van der Waals surface area contributed by atoms with Gasteiger partial charge in [0.25, 0.3) is 10.2 Å². The summed E-state index contributed by atoms with van der Waals surface area (Å²) < 4.78 is 41.7. The van der Waals surface area contributed by atoms with Crippen LogP contribution < -0.4 is 20.5 Å². The quantitative estimate of drug-likeness (QED) is 0.139. The zero-order chi connectivity index (χ0) is 18.7. The first-order valence-electron chi connectivity index (χ1n) is 7.48. The van der Waals surface area contributed by atoms with Crippen molar-refractivity contribution >= 4 is 21.9 Å². The molecule has 13 heteroatoms. The summed E-state index contributed by atoms with van der Waals surface area (Å²) >= 11 is 0. The number of hydrogen-bond acceptors (Lipinski definition) is 8. The van der Waals surface area contributed by atoms with E-state index >= 15 is 0 Å². The third-order valence-corrected chi connectivity index (χ3v) is 4.36. The van der Waals surface area contributed by atoms with E-state index in [1.54, 1.807) is 6.07 Å². The van der Waals surface area contributed by atoms with Crippen molar-refractivity contribution in [3.8, 4) is 0 Å². The van der Waals surface area contributed by atoms with Gasteiger partial charge >= 0.3 is 0 Å². The molecule has 0 spiro atoms. The van der Waals surface area contributed by atoms with E-state index in [1.165, 1.54) is 12.1 Å². The Hall–Kier alpha value is -2.77. The number of anilines is 1. The number of aromatic nitrogens is 2. The molecular weight excluding hydrogens is 369 g/mol. The maximum Gasteiger partial charge on any atom is 0.274 e. The Morgan fingerprint density at radius 1 is 1.42 bits per heavy atom. The average Bonchev–Trinajstić information content (AvgIpc) is 3.02. The van der Waals surface area contributed by atoms with Crippen LogP contribution in [-0.4, -0.2) is 42.9 Å². The Bertz CT molecular complexity index is 930. The van der Waals surface area contributed by atoms with Crippen molar-refractivity contribution in [3.63, 3.8) is 0 Å². The standard InChI is InChI=1S/C13H16FN7O4S/c14-8-2-1-7-5-10(9(7)6-8)18-13(19-22)11-12(21-25-20-11)16-3-4-17-26(15,23)24/h1-2,6,10,17,22H,3-5H2,(H,16,21)(H,18,19)(H2,15,23,24). The minimum Gasteiger partial charge on any atom is -0.409 e. The van der Waals surface area contributed by atoms with E-state index in [-0.39, 0.29) is 42.3 Å². The van der Waals surface area contributed by atoms with Gasteiger partial charge in [-0.15, -0.1) is 0 Å². The third kappa shape index (κ3) is 4.07. The Kier molecular flexibility index (Phi) is 5.01. The highest BCUT2D eigenvalue weighted by atomic mass is 32.2. The molecule has 0 saturated heterocycles. The summed E-state index contributed by atoms with van der Waals surface area (Å²) in [6.45, 7) is 0.132. The SMILES string of the molecule is NS(=O)(=O)NCCNc1nonc1/C(=N\O)NC1Cc2ccc(F)cc21. The summed E-state index contributed by atoms with van der Waals surface area (Å²) in [6.07, 6.45) is 0.626. The summed E-state index contributed by atoms with van der Waals surface area (Å²) in [5.41, 5.74) is 1.84. The Balaban J connectivity index is 1.64. The Labute approximate surface area is 147 Å². The van der Waals surface area contributed by atoms with Gasteiger partial charge in [-0.05, 0) is 40.0 Å². The van der Waals surface area contributed by atoms with Crippen molar-refractivity contribution in [3.05, 3.63) is 40.8 Å². The largest absolute Gasteiger partial charge is 0.409 e. The third-order valence-electron chi connectivity index (χ3n) is 3.75. The number of nitrogens with zero attached hydrogens (tertiary/aromatic N) is 3. The van der Waals surface area contributed by atoms with Crippen molar-refractivity contribution in [2.45, 2.75) is 12.5 Å². The molecule has 0 bridgehead atoms. The number of oxime groups is 1. The van der Waals surface area contributed by atoms with Crippen molar-refractivity contribution in [1.29, 1.82) is 0 Å². The van der Waals surface area contributed by atoms with E-state index in [2.05, 4.69) is 35.5 Å². The van der Waals surface area contributed by atoms with Crippen LogP contribution in [0.5, 0.6) is 0 Å². The molecule has 1 atom stereocenters. The molecule has 0 saturated carbocycles. The molecule has 11 nitrogen and oxygen atoms in total. The summed E-state index contributed by atoms with van der Waals surface area (Å²) in [6, 6.07) is 4.24. The molecule has 1 aliphatic rings. The van der Waals surface area contributed by atoms with Crippen LogP contribution in [0.25, 0.3) is 0 Å². The number of nitrogens with one attached hydrogen (secondary N) is 3. The normalized spacial score (nSPS) is 16.7. The van der Waals surface area contributed by atoms with Gasteiger partial charge in [0.15, 0.2) is 11.5 Å². The molecule has 0 fully saturated rings. The Morgan fingerprint density at radius 3 is 2.96 bits per heavy atom. The second kappa shape index (κ2) is 7.23. The van der Waals surface area contributed by atoms with Crippen LogP contribution in [-0.2, 0) is 16.6 Å². The highest BCUT2D eigenvalue weighted by Crippen LogP contribution is 2.33. The molecule has 1 heterocycles. The molecular formula is C13H16FN7O4S. The van der Waals surface area contributed by atoms with Gasteiger partial charge in [0.1, 0.15) is 5.82 Å². The van der Waals surface area contributed by atoms with Gasteiger partial charge in [-0.25, -0.2) is 18.9 Å². The molecule has 140 valence electrons. The summed E-state index contributed by atoms with van der Waals surface area (Å²) in [4.78, 5) is 0. The molecule has 0 aliphatic heterocycles. The van der Waals surface area contributed by atoms with Gasteiger partial charge in [-0.1, -0.05) is 11.2 Å². The van der Waals surface area contributed by atoms with E-state index in [9.17, 15) is 18.0 Å². The first kappa shape index (κ1) is 18.0. The average molecular weight is 385 g/mol. The smallest absolute Gasteiger partial charge is 0.274 e. The van der Waals surface area contributed by atoms with Crippen molar-refractivity contribution in [2.75, 3.05) is 18.4 Å². The van der Waals surface area contributed by atoms with E-state index in [0.29, 0.717) is 6.42 Å². The van der Waals surface area contributed by atoms with Crippen LogP contribution in [0.4, 0.5) is 10.2 Å². The molecule has 0 amide bonds. The van der Waals surface area contributed by atoms with Gasteiger partial charge < -0.3 is 15.8 Å². The lowest BCUT2D eigenvalue weighted by Crippen LogP contribution is -2.37. The number of nitrogens with two attached hydrogens (primary N) is 1. The zero-order valence-electron chi connectivity index (χ0n) is 13.3. The molecule has 1 aliphatic carbocycles. The second-order valence-electron chi connectivity index (χ2n) is 5.52. The zero-order valence-corrected chi connectivity index (χ0v) is 14.1. The van der Waals surface area contributed by atoms with Gasteiger partial charge in [-0.2, -0.15) is 8.42 Å². The number of rotatable bonds is 7. The molecule has 2 aromatic rings. The fraction of sp³-hybridized carbons (Fsp3) is 0.308. The summed E-state index contributed by atoms with van der Waals surface area (Å²) in [7, 11) is -3.80. The van der Waals surface area contributed by atoms with Gasteiger partial charge in [0.2, 0.25) is 5.82 Å². The predicted octanol–water partition coefficient (Wildman–Crippen LogP) is -0.563. The number of fused-ring (bicyclic) bond motifs is 1. The predicted molar refractivity (Wildman–Crippen MR) is 88.2 cm³/mol. The van der Waals surface area contributed by atoms with Gasteiger partial charge in [0.05, 0.1) is 6.04 Å². The van der Waals surface area contributed by atoms with Gasteiger partial charge in [-0.3, -0.25) is 0 Å². The lowest BCUT2D eigenvalue weighted by atomic mass is 9.83. The maximum atomic E-state index is 13.4. The van der Waals surface area contributed by atoms with Crippen LogP contribution in [0, 0.1) is 5.82 Å². The van der Waals surface area contributed by atoms with Crippen LogP contribution in [0.15, 0.2) is 28.0 Å². The van der Waals surface area contributed by atoms with Crippen LogP contribution in [0.3, 0.4) is 0 Å². The van der Waals surface area contributed by atoms with Crippen molar-refractivity contribution in [1.82, 2.24) is 20.4 Å². The lowest BCUT2D eigenvalue weighted by molar-refractivity contribution is 0.303. The van der Waals surface area contributed by atoms with Crippen molar-refractivity contribution < 1.29 is 22.6 Å². The second-order valence-corrected chi connectivity index (χ2v) is 6.90. The number of hydrogen-bond donors (Lipinski definition) is 5. The minimum absolute atomic E-state index is 0.000555. The van der Waals surface area contributed by atoms with E-state index in [0.717, 1.165) is 11.1 Å². The molecule has 1 aromatic heterocycles. The first-order valence-corrected chi connectivity index (χ1v) is 9.03. The topological polar surface area (TPSA) is 168 Å². The van der Waals surface area contributed by atoms with Crippen molar-refractivity contribution in [2.24, 2.45) is 10.3 Å². The van der Waals surface area contributed by atoms with Crippen LogP contribution in [0.1, 0.15) is 22.9 Å². The molecule has 6 N–H and O–H groups in total. The molecule has 3 rings (SSSR count). The van der Waals surface area contributed by atoms with Crippen LogP contribution >= 0.6 is 0 Å². The van der Waals surface area contributed by atoms with Crippen LogP contribution in [0.2, 0.25) is 0 Å². The summed E-state index contributed by atoms with van der Waals surface area (Å²) in [5.74, 6) is -0.237. The minimum atomic E-state index is -3.80. The summed E-state index contributed by atoms with van der Waals surface area (Å²) in [5, 5.41) is 30.3. The molecule has 0 radical (unpaired) electrons. The monoisotopic (exact) mass is 385 g/mol. The fourth-order valence-corrected chi connectivity index (χ4v) is 2.93. The van der Waals surface area contributed by atoms with E-state index < -0.39 is 10.2 Å². The molecule has 1 aromatic carbocycles. The molecule has 1 unspecified atom stereocenters. The fourth-order valence-electron chi connectivity index (χ4n) is 2.55. The number of benzene rings is 1. The maximum absolute atomic E-state index is 13.4. The van der Waals surface area contributed by atoms with E-state index in [1.807, 2.05) is 0 Å². The van der Waals surface area contributed by atoms with E-state index in [4.69, 9.17) is 5.14 Å². The first-order chi connectivity index (χ1) is 12.4. The molecule has 26 heavy (non-hydrogen) atoms. The number of halogens is 1. The number of amidine groups is 1. The Morgan fingerprint density at radius 2 is 2.23 bits per heavy atom. The highest BCUT2D eigenvalue weighted by Gasteiger charge is 2.29. The highest BCUT2D eigenvalue weighted by molar-refractivity contribution is 7.87.